The summed E-state index contributed by atoms with van der Waals surface area (Å²) in [6.45, 7) is 1.82. The Morgan fingerprint density at radius 2 is 1.87 bits per heavy atom. The minimum atomic E-state index is -0.159. The predicted octanol–water partition coefficient (Wildman–Crippen LogP) is 0.0971. The summed E-state index contributed by atoms with van der Waals surface area (Å²) in [4.78, 5) is 13.4. The molecular weight excluding hydrogens is 192 g/mol. The van der Waals surface area contributed by atoms with E-state index in [1.165, 1.54) is 0 Å². The summed E-state index contributed by atoms with van der Waals surface area (Å²) in [5.74, 6) is -0.106. The van der Waals surface area contributed by atoms with Crippen LogP contribution in [0, 0.1) is 5.92 Å². The Kier molecular flexibility index (Phi) is 3.26. The SMILES string of the molecule is NC(=O)C1CCN(C2CCC(O)CC2)C1. The molecule has 2 rings (SSSR count). The molecule has 1 saturated carbocycles. The van der Waals surface area contributed by atoms with Crippen LogP contribution in [0.15, 0.2) is 0 Å². The maximum atomic E-state index is 11.0. The second-order valence-corrected chi connectivity index (χ2v) is 4.85. The van der Waals surface area contributed by atoms with Gasteiger partial charge in [0, 0.05) is 12.6 Å². The Hall–Kier alpha value is -0.610. The molecule has 0 aromatic carbocycles. The minimum absolute atomic E-state index is 0.0526. The Balaban J connectivity index is 1.83. The second kappa shape index (κ2) is 4.49. The molecule has 1 saturated heterocycles. The van der Waals surface area contributed by atoms with Crippen molar-refractivity contribution in [2.75, 3.05) is 13.1 Å². The zero-order valence-electron chi connectivity index (χ0n) is 9.06. The number of hydrogen-bond donors (Lipinski definition) is 2. The van der Waals surface area contributed by atoms with E-state index in [2.05, 4.69) is 4.90 Å². The number of nitrogens with zero attached hydrogens (tertiary/aromatic N) is 1. The summed E-state index contributed by atoms with van der Waals surface area (Å²) in [7, 11) is 0. The van der Waals surface area contributed by atoms with Crippen LogP contribution in [-0.2, 0) is 4.79 Å². The highest BCUT2D eigenvalue weighted by Crippen LogP contribution is 2.27. The number of aliphatic hydroxyl groups excluding tert-OH is 1. The summed E-state index contributed by atoms with van der Waals surface area (Å²) >= 11 is 0. The molecule has 1 atom stereocenters. The first-order valence-electron chi connectivity index (χ1n) is 5.88. The molecule has 1 amide bonds. The van der Waals surface area contributed by atoms with E-state index in [0.29, 0.717) is 6.04 Å². The van der Waals surface area contributed by atoms with Gasteiger partial charge in [-0.1, -0.05) is 0 Å². The average Bonchev–Trinajstić information content (AvgIpc) is 2.68. The third-order valence-corrected chi connectivity index (χ3v) is 3.80. The van der Waals surface area contributed by atoms with Gasteiger partial charge >= 0.3 is 0 Å². The number of carbonyl (C=O) groups is 1. The summed E-state index contributed by atoms with van der Waals surface area (Å²) in [6.07, 6.45) is 4.74. The number of nitrogens with two attached hydrogens (primary N) is 1. The topological polar surface area (TPSA) is 66.6 Å². The van der Waals surface area contributed by atoms with Gasteiger partial charge in [0.2, 0.25) is 5.91 Å². The van der Waals surface area contributed by atoms with E-state index in [1.807, 2.05) is 0 Å². The predicted molar refractivity (Wildman–Crippen MR) is 57.1 cm³/mol. The van der Waals surface area contributed by atoms with Crippen molar-refractivity contribution < 1.29 is 9.90 Å². The van der Waals surface area contributed by atoms with Crippen LogP contribution in [0.25, 0.3) is 0 Å². The first kappa shape index (κ1) is 10.9. The smallest absolute Gasteiger partial charge is 0.221 e. The fraction of sp³-hybridized carbons (Fsp3) is 0.909. The normalized spacial score (nSPS) is 38.1. The lowest BCUT2D eigenvalue weighted by Crippen LogP contribution is -2.38. The molecule has 4 heteroatoms. The second-order valence-electron chi connectivity index (χ2n) is 4.85. The van der Waals surface area contributed by atoms with E-state index in [9.17, 15) is 9.90 Å². The van der Waals surface area contributed by atoms with E-state index in [1.54, 1.807) is 0 Å². The molecule has 0 bridgehead atoms. The summed E-state index contributed by atoms with van der Waals surface area (Å²) in [6, 6.07) is 0.567. The molecule has 1 aliphatic heterocycles. The van der Waals surface area contributed by atoms with Crippen LogP contribution >= 0.6 is 0 Å². The van der Waals surface area contributed by atoms with Crippen LogP contribution in [0.4, 0.5) is 0 Å². The van der Waals surface area contributed by atoms with Crippen molar-refractivity contribution in [1.82, 2.24) is 4.90 Å². The highest BCUT2D eigenvalue weighted by molar-refractivity contribution is 5.77. The Morgan fingerprint density at radius 1 is 1.20 bits per heavy atom. The summed E-state index contributed by atoms with van der Waals surface area (Å²) in [5.41, 5.74) is 5.31. The number of aliphatic hydroxyl groups is 1. The van der Waals surface area contributed by atoms with Crippen LogP contribution < -0.4 is 5.73 Å². The maximum absolute atomic E-state index is 11.0. The fourth-order valence-corrected chi connectivity index (χ4v) is 2.77. The number of hydrogen-bond acceptors (Lipinski definition) is 3. The Bertz CT molecular complexity index is 237. The molecule has 2 aliphatic rings. The van der Waals surface area contributed by atoms with Crippen molar-refractivity contribution in [3.8, 4) is 0 Å². The third kappa shape index (κ3) is 2.49. The van der Waals surface area contributed by atoms with Gasteiger partial charge in [0.1, 0.15) is 0 Å². The lowest BCUT2D eigenvalue weighted by Gasteiger charge is -2.32. The molecule has 4 nitrogen and oxygen atoms in total. The molecule has 86 valence electrons. The quantitative estimate of drug-likeness (QED) is 0.682. The van der Waals surface area contributed by atoms with Gasteiger partial charge < -0.3 is 10.8 Å². The largest absolute Gasteiger partial charge is 0.393 e. The molecule has 3 N–H and O–H groups in total. The van der Waals surface area contributed by atoms with Crippen molar-refractivity contribution in [1.29, 1.82) is 0 Å². The van der Waals surface area contributed by atoms with Crippen LogP contribution in [0.3, 0.4) is 0 Å². The standard InChI is InChI=1S/C11H20N2O2/c12-11(15)8-5-6-13(7-8)9-1-3-10(14)4-2-9/h8-10,14H,1-7H2,(H2,12,15). The molecule has 15 heavy (non-hydrogen) atoms. The van der Waals surface area contributed by atoms with E-state index in [-0.39, 0.29) is 17.9 Å². The van der Waals surface area contributed by atoms with Gasteiger partial charge in [0.15, 0.2) is 0 Å². The molecule has 1 heterocycles. The van der Waals surface area contributed by atoms with Gasteiger partial charge in [-0.3, -0.25) is 9.69 Å². The van der Waals surface area contributed by atoms with Gasteiger partial charge in [0.05, 0.1) is 12.0 Å². The van der Waals surface area contributed by atoms with E-state index >= 15 is 0 Å². The fourth-order valence-electron chi connectivity index (χ4n) is 2.77. The molecule has 0 radical (unpaired) electrons. The molecule has 1 aliphatic carbocycles. The number of likely N-dealkylation sites (tertiary alicyclic amines) is 1. The van der Waals surface area contributed by atoms with Crippen LogP contribution in [0.1, 0.15) is 32.1 Å². The van der Waals surface area contributed by atoms with Crippen molar-refractivity contribution in [3.05, 3.63) is 0 Å². The van der Waals surface area contributed by atoms with Crippen LogP contribution in [0.5, 0.6) is 0 Å². The molecule has 2 fully saturated rings. The Labute approximate surface area is 90.4 Å². The third-order valence-electron chi connectivity index (χ3n) is 3.80. The van der Waals surface area contributed by atoms with Crippen LogP contribution in [-0.4, -0.2) is 41.1 Å². The van der Waals surface area contributed by atoms with E-state index in [0.717, 1.165) is 45.2 Å². The molecule has 1 unspecified atom stereocenters. The van der Waals surface area contributed by atoms with Gasteiger partial charge in [-0.25, -0.2) is 0 Å². The highest BCUT2D eigenvalue weighted by atomic mass is 16.3. The minimum Gasteiger partial charge on any atom is -0.393 e. The van der Waals surface area contributed by atoms with Crippen molar-refractivity contribution in [2.24, 2.45) is 11.7 Å². The zero-order chi connectivity index (χ0) is 10.8. The molecular formula is C11H20N2O2. The average molecular weight is 212 g/mol. The van der Waals surface area contributed by atoms with E-state index in [4.69, 9.17) is 5.73 Å². The first-order chi connectivity index (χ1) is 7.16. The van der Waals surface area contributed by atoms with Crippen molar-refractivity contribution >= 4 is 5.91 Å². The highest BCUT2D eigenvalue weighted by Gasteiger charge is 2.32. The number of carbonyl (C=O) groups excluding carboxylic acids is 1. The zero-order valence-corrected chi connectivity index (χ0v) is 9.06. The number of amides is 1. The molecule has 0 aromatic heterocycles. The van der Waals surface area contributed by atoms with Crippen LogP contribution in [0.2, 0.25) is 0 Å². The lowest BCUT2D eigenvalue weighted by molar-refractivity contribution is -0.121. The van der Waals surface area contributed by atoms with Gasteiger partial charge in [-0.15, -0.1) is 0 Å². The Morgan fingerprint density at radius 3 is 2.40 bits per heavy atom. The summed E-state index contributed by atoms with van der Waals surface area (Å²) < 4.78 is 0. The monoisotopic (exact) mass is 212 g/mol. The molecule has 0 spiro atoms. The molecule has 0 aromatic rings. The lowest BCUT2D eigenvalue weighted by atomic mass is 9.92. The van der Waals surface area contributed by atoms with Crippen molar-refractivity contribution in [2.45, 2.75) is 44.2 Å². The number of primary amides is 1. The van der Waals surface area contributed by atoms with Gasteiger partial charge in [0.25, 0.3) is 0 Å². The first-order valence-corrected chi connectivity index (χ1v) is 5.88. The maximum Gasteiger partial charge on any atom is 0.221 e. The summed E-state index contributed by atoms with van der Waals surface area (Å²) in [5, 5.41) is 9.42. The van der Waals surface area contributed by atoms with Crippen molar-refractivity contribution in [3.63, 3.8) is 0 Å². The van der Waals surface area contributed by atoms with E-state index < -0.39 is 0 Å². The van der Waals surface area contributed by atoms with Gasteiger partial charge in [-0.2, -0.15) is 0 Å². The van der Waals surface area contributed by atoms with Gasteiger partial charge in [-0.05, 0) is 38.6 Å². The number of rotatable bonds is 2.